The van der Waals surface area contributed by atoms with Crippen LogP contribution < -0.4 is 10.5 Å². The van der Waals surface area contributed by atoms with Crippen molar-refractivity contribution in [1.29, 1.82) is 0 Å². The zero-order valence-electron chi connectivity index (χ0n) is 13.3. The summed E-state index contributed by atoms with van der Waals surface area (Å²) < 4.78 is 18.7. The van der Waals surface area contributed by atoms with Crippen LogP contribution in [-0.4, -0.2) is 24.2 Å². The standard InChI is InChI=1S/C19H17FN2O2/c1-12-4-2-3-5-14(12)16-10-18(23)24-19-15(16)6-7-17(21-19)22-9-8-13(20)11-22/h2-7,10,13H,8-9,11H2,1H3. The van der Waals surface area contributed by atoms with Gasteiger partial charge in [0.2, 0.25) is 5.71 Å². The molecule has 5 heteroatoms. The van der Waals surface area contributed by atoms with E-state index in [1.54, 1.807) is 0 Å². The molecule has 1 aliphatic heterocycles. The third kappa shape index (κ3) is 2.56. The number of fused-ring (bicyclic) bond motifs is 1. The van der Waals surface area contributed by atoms with E-state index >= 15 is 0 Å². The van der Waals surface area contributed by atoms with Gasteiger partial charge in [0.15, 0.2) is 0 Å². The molecule has 2 aromatic heterocycles. The minimum absolute atomic E-state index is 0.292. The first-order chi connectivity index (χ1) is 11.6. The van der Waals surface area contributed by atoms with Gasteiger partial charge < -0.3 is 9.32 Å². The Morgan fingerprint density at radius 2 is 2.04 bits per heavy atom. The van der Waals surface area contributed by atoms with E-state index in [1.165, 1.54) is 6.07 Å². The van der Waals surface area contributed by atoms with Crippen molar-refractivity contribution in [2.75, 3.05) is 18.0 Å². The Labute approximate surface area is 138 Å². The second-order valence-electron chi connectivity index (χ2n) is 6.15. The molecule has 4 nitrogen and oxygen atoms in total. The molecule has 0 spiro atoms. The molecule has 0 radical (unpaired) electrons. The van der Waals surface area contributed by atoms with Gasteiger partial charge in [-0.1, -0.05) is 24.3 Å². The molecule has 4 rings (SSSR count). The number of hydrogen-bond acceptors (Lipinski definition) is 4. The molecule has 0 aliphatic carbocycles. The second kappa shape index (κ2) is 5.74. The first-order valence-corrected chi connectivity index (χ1v) is 8.02. The zero-order valence-corrected chi connectivity index (χ0v) is 13.3. The van der Waals surface area contributed by atoms with Gasteiger partial charge in [-0.3, -0.25) is 0 Å². The lowest BCUT2D eigenvalue weighted by Crippen LogP contribution is -2.21. The molecule has 3 aromatic rings. The van der Waals surface area contributed by atoms with Crippen molar-refractivity contribution in [3.8, 4) is 11.1 Å². The van der Waals surface area contributed by atoms with Gasteiger partial charge >= 0.3 is 5.63 Å². The Bertz CT molecular complexity index is 967. The van der Waals surface area contributed by atoms with Crippen molar-refractivity contribution >= 4 is 16.9 Å². The zero-order chi connectivity index (χ0) is 16.7. The maximum absolute atomic E-state index is 13.4. The fraction of sp³-hybridized carbons (Fsp3) is 0.263. The number of hydrogen-bond donors (Lipinski definition) is 0. The molecule has 1 unspecified atom stereocenters. The third-order valence-corrected chi connectivity index (χ3v) is 4.49. The van der Waals surface area contributed by atoms with Crippen molar-refractivity contribution in [3.63, 3.8) is 0 Å². The normalized spacial score (nSPS) is 17.6. The number of halogens is 1. The minimum atomic E-state index is -0.826. The molecule has 1 saturated heterocycles. The van der Waals surface area contributed by atoms with E-state index in [9.17, 15) is 9.18 Å². The number of alkyl halides is 1. The van der Waals surface area contributed by atoms with Crippen LogP contribution in [0.25, 0.3) is 22.2 Å². The van der Waals surface area contributed by atoms with Crippen molar-refractivity contribution in [3.05, 3.63) is 58.4 Å². The quantitative estimate of drug-likeness (QED) is 0.721. The van der Waals surface area contributed by atoms with Gasteiger partial charge in [0.1, 0.15) is 12.0 Å². The fourth-order valence-corrected chi connectivity index (χ4v) is 3.23. The Morgan fingerprint density at radius 1 is 1.21 bits per heavy atom. The molecule has 24 heavy (non-hydrogen) atoms. The first kappa shape index (κ1) is 14.9. The largest absolute Gasteiger partial charge is 0.404 e. The summed E-state index contributed by atoms with van der Waals surface area (Å²) in [5.74, 6) is 0.646. The predicted octanol–water partition coefficient (Wildman–Crippen LogP) is 3.71. The van der Waals surface area contributed by atoms with Crippen LogP contribution in [0.2, 0.25) is 0 Å². The number of nitrogens with zero attached hydrogens (tertiary/aromatic N) is 2. The molecule has 1 atom stereocenters. The Morgan fingerprint density at radius 3 is 2.79 bits per heavy atom. The summed E-state index contributed by atoms with van der Waals surface area (Å²) in [5.41, 5.74) is 2.72. The third-order valence-electron chi connectivity index (χ3n) is 4.49. The highest BCUT2D eigenvalue weighted by Gasteiger charge is 2.23. The molecule has 3 heterocycles. The van der Waals surface area contributed by atoms with E-state index in [0.717, 1.165) is 22.1 Å². The summed E-state index contributed by atoms with van der Waals surface area (Å²) in [7, 11) is 0. The van der Waals surface area contributed by atoms with Crippen LogP contribution in [0.5, 0.6) is 0 Å². The Kier molecular flexibility index (Phi) is 3.56. The molecule has 1 aromatic carbocycles. The Hall–Kier alpha value is -2.69. The number of benzene rings is 1. The van der Waals surface area contributed by atoms with Crippen molar-refractivity contribution in [1.82, 2.24) is 4.98 Å². The molecular formula is C19H17FN2O2. The van der Waals surface area contributed by atoms with Crippen LogP contribution in [0, 0.1) is 6.92 Å². The average Bonchev–Trinajstić information content (AvgIpc) is 3.00. The van der Waals surface area contributed by atoms with Gasteiger partial charge in [0.05, 0.1) is 6.54 Å². The SMILES string of the molecule is Cc1ccccc1-c1cc(=O)oc2nc(N3CCC(F)C3)ccc12. The number of rotatable bonds is 2. The van der Waals surface area contributed by atoms with E-state index in [1.807, 2.05) is 48.2 Å². The topological polar surface area (TPSA) is 46.3 Å². The van der Waals surface area contributed by atoms with E-state index in [4.69, 9.17) is 4.42 Å². The molecule has 0 N–H and O–H groups in total. The lowest BCUT2D eigenvalue weighted by Gasteiger charge is -2.16. The summed E-state index contributed by atoms with van der Waals surface area (Å²) in [4.78, 5) is 18.3. The van der Waals surface area contributed by atoms with Gasteiger partial charge in [-0.2, -0.15) is 4.98 Å². The van der Waals surface area contributed by atoms with Crippen LogP contribution in [0.1, 0.15) is 12.0 Å². The summed E-state index contributed by atoms with van der Waals surface area (Å²) in [6.07, 6.45) is -0.319. The lowest BCUT2D eigenvalue weighted by atomic mass is 9.99. The van der Waals surface area contributed by atoms with E-state index in [2.05, 4.69) is 4.98 Å². The van der Waals surface area contributed by atoms with Crippen LogP contribution >= 0.6 is 0 Å². The molecule has 0 saturated carbocycles. The number of pyridine rings is 1. The average molecular weight is 324 g/mol. The highest BCUT2D eigenvalue weighted by atomic mass is 19.1. The van der Waals surface area contributed by atoms with Gasteiger partial charge in [-0.15, -0.1) is 0 Å². The van der Waals surface area contributed by atoms with E-state index in [0.29, 0.717) is 31.0 Å². The maximum atomic E-state index is 13.4. The molecule has 0 amide bonds. The second-order valence-corrected chi connectivity index (χ2v) is 6.15. The van der Waals surface area contributed by atoms with Crippen LogP contribution in [-0.2, 0) is 0 Å². The summed E-state index contributed by atoms with van der Waals surface area (Å²) in [6.45, 7) is 2.96. The molecule has 1 fully saturated rings. The lowest BCUT2D eigenvalue weighted by molar-refractivity contribution is 0.364. The Balaban J connectivity index is 1.88. The van der Waals surface area contributed by atoms with Crippen molar-refractivity contribution in [2.45, 2.75) is 19.5 Å². The maximum Gasteiger partial charge on any atom is 0.338 e. The number of aromatic nitrogens is 1. The van der Waals surface area contributed by atoms with Crippen molar-refractivity contribution in [2.24, 2.45) is 0 Å². The van der Waals surface area contributed by atoms with Gasteiger partial charge in [0, 0.05) is 23.6 Å². The van der Waals surface area contributed by atoms with Gasteiger partial charge in [-0.05, 0) is 36.6 Å². The molecule has 0 bridgehead atoms. The van der Waals surface area contributed by atoms with Crippen LogP contribution in [0.3, 0.4) is 0 Å². The first-order valence-electron chi connectivity index (χ1n) is 8.02. The monoisotopic (exact) mass is 324 g/mol. The summed E-state index contributed by atoms with van der Waals surface area (Å²) in [5, 5.41) is 0.781. The minimum Gasteiger partial charge on any atom is -0.404 e. The van der Waals surface area contributed by atoms with E-state index < -0.39 is 11.8 Å². The highest BCUT2D eigenvalue weighted by Crippen LogP contribution is 2.30. The predicted molar refractivity (Wildman–Crippen MR) is 92.2 cm³/mol. The number of aryl methyl sites for hydroxylation is 1. The number of anilines is 1. The van der Waals surface area contributed by atoms with Crippen LogP contribution in [0.15, 0.2) is 51.7 Å². The fourth-order valence-electron chi connectivity index (χ4n) is 3.23. The molecule has 1 aliphatic rings. The van der Waals surface area contributed by atoms with Gasteiger partial charge in [0.25, 0.3) is 0 Å². The van der Waals surface area contributed by atoms with Crippen molar-refractivity contribution < 1.29 is 8.81 Å². The molecule has 122 valence electrons. The van der Waals surface area contributed by atoms with Crippen LogP contribution in [0.4, 0.5) is 10.2 Å². The summed E-state index contributed by atoms with van der Waals surface area (Å²) >= 11 is 0. The highest BCUT2D eigenvalue weighted by molar-refractivity contribution is 5.92. The van der Waals surface area contributed by atoms with E-state index in [-0.39, 0.29) is 0 Å². The van der Waals surface area contributed by atoms with Gasteiger partial charge in [-0.25, -0.2) is 9.18 Å². The molecular weight excluding hydrogens is 307 g/mol. The smallest absolute Gasteiger partial charge is 0.338 e. The summed E-state index contributed by atoms with van der Waals surface area (Å²) in [6, 6.07) is 13.1.